The molecule has 4 nitrogen and oxygen atoms in total. The monoisotopic (exact) mass is 297 g/mol. The van der Waals surface area contributed by atoms with Crippen molar-refractivity contribution in [3.8, 4) is 0 Å². The second kappa shape index (κ2) is 9.37. The molecular formula is C15H20ClNO3. The van der Waals surface area contributed by atoms with Gasteiger partial charge in [-0.2, -0.15) is 0 Å². The summed E-state index contributed by atoms with van der Waals surface area (Å²) < 4.78 is 4.90. The highest BCUT2D eigenvalue weighted by molar-refractivity contribution is 6.39. The molecule has 0 aromatic heterocycles. The average molecular weight is 298 g/mol. The molecule has 20 heavy (non-hydrogen) atoms. The van der Waals surface area contributed by atoms with Crippen LogP contribution in [0.25, 0.3) is 0 Å². The van der Waals surface area contributed by atoms with Gasteiger partial charge in [0, 0.05) is 0 Å². The first-order chi connectivity index (χ1) is 9.65. The Morgan fingerprint density at radius 1 is 1.15 bits per heavy atom. The molecule has 110 valence electrons. The lowest BCUT2D eigenvalue weighted by Crippen LogP contribution is -2.25. The molecule has 1 amide bonds. The maximum Gasteiger partial charge on any atom is 0.397 e. The maximum absolute atomic E-state index is 11.6. The predicted molar refractivity (Wildman–Crippen MR) is 79.8 cm³/mol. The Balaban J connectivity index is 2.26. The van der Waals surface area contributed by atoms with Crippen LogP contribution in [0.2, 0.25) is 5.02 Å². The third-order valence-corrected chi connectivity index (χ3v) is 3.12. The van der Waals surface area contributed by atoms with Crippen molar-refractivity contribution in [3.05, 3.63) is 29.3 Å². The van der Waals surface area contributed by atoms with Crippen molar-refractivity contribution < 1.29 is 14.3 Å². The molecule has 1 N–H and O–H groups in total. The molecule has 0 unspecified atom stereocenters. The van der Waals surface area contributed by atoms with Crippen LogP contribution in [0.1, 0.15) is 39.0 Å². The highest BCUT2D eigenvalue weighted by Crippen LogP contribution is 2.20. The van der Waals surface area contributed by atoms with Crippen molar-refractivity contribution >= 4 is 29.2 Å². The van der Waals surface area contributed by atoms with Gasteiger partial charge in [0.15, 0.2) is 0 Å². The van der Waals surface area contributed by atoms with Crippen LogP contribution < -0.4 is 5.32 Å². The topological polar surface area (TPSA) is 55.4 Å². The molecule has 0 aliphatic carbocycles. The maximum atomic E-state index is 11.6. The fraction of sp³-hybridized carbons (Fsp3) is 0.467. The summed E-state index contributed by atoms with van der Waals surface area (Å²) in [6.07, 6.45) is 5.26. The van der Waals surface area contributed by atoms with Crippen molar-refractivity contribution in [1.29, 1.82) is 0 Å². The highest BCUT2D eigenvalue weighted by atomic mass is 35.5. The predicted octanol–water partition coefficient (Wildman–Crippen LogP) is 3.79. The van der Waals surface area contributed by atoms with Crippen LogP contribution in [0.5, 0.6) is 0 Å². The summed E-state index contributed by atoms with van der Waals surface area (Å²) >= 11 is 5.88. The number of hydrogen-bond acceptors (Lipinski definition) is 3. The molecule has 0 saturated carbocycles. The van der Waals surface area contributed by atoms with Crippen molar-refractivity contribution in [3.63, 3.8) is 0 Å². The average Bonchev–Trinajstić information content (AvgIpc) is 2.44. The van der Waals surface area contributed by atoms with Gasteiger partial charge in [0.2, 0.25) is 0 Å². The quantitative estimate of drug-likeness (QED) is 0.473. The van der Waals surface area contributed by atoms with Crippen LogP contribution >= 0.6 is 11.6 Å². The van der Waals surface area contributed by atoms with Gasteiger partial charge < -0.3 is 10.1 Å². The number of unbranched alkanes of at least 4 members (excludes halogenated alkanes) is 4. The molecule has 0 spiro atoms. The van der Waals surface area contributed by atoms with E-state index in [1.54, 1.807) is 24.3 Å². The smallest absolute Gasteiger partial charge is 0.397 e. The number of amides is 1. The van der Waals surface area contributed by atoms with Gasteiger partial charge in [0.25, 0.3) is 0 Å². The van der Waals surface area contributed by atoms with E-state index in [2.05, 4.69) is 12.2 Å². The zero-order valence-electron chi connectivity index (χ0n) is 11.7. The third kappa shape index (κ3) is 6.06. The van der Waals surface area contributed by atoms with Gasteiger partial charge in [0.05, 0.1) is 17.3 Å². The highest BCUT2D eigenvalue weighted by Gasteiger charge is 2.16. The second-order valence-corrected chi connectivity index (χ2v) is 4.89. The molecule has 1 rings (SSSR count). The summed E-state index contributed by atoms with van der Waals surface area (Å²) in [6, 6.07) is 6.72. The van der Waals surface area contributed by atoms with Gasteiger partial charge in [-0.3, -0.25) is 4.79 Å². The van der Waals surface area contributed by atoms with Crippen LogP contribution in [0, 0.1) is 0 Å². The SMILES string of the molecule is CCCCCCCOC(=O)C(=O)Nc1ccccc1Cl. The largest absolute Gasteiger partial charge is 0.459 e. The van der Waals surface area contributed by atoms with Crippen LogP contribution in [-0.4, -0.2) is 18.5 Å². The fourth-order valence-electron chi connectivity index (χ4n) is 1.67. The van der Waals surface area contributed by atoms with Gasteiger partial charge in [-0.25, -0.2) is 4.79 Å². The van der Waals surface area contributed by atoms with E-state index in [4.69, 9.17) is 16.3 Å². The number of anilines is 1. The van der Waals surface area contributed by atoms with Crippen molar-refractivity contribution in [2.45, 2.75) is 39.0 Å². The summed E-state index contributed by atoms with van der Waals surface area (Å²) in [5.74, 6) is -1.67. The minimum atomic E-state index is -0.875. The Bertz CT molecular complexity index is 448. The normalized spacial score (nSPS) is 10.1. The second-order valence-electron chi connectivity index (χ2n) is 4.48. The first kappa shape index (κ1) is 16.5. The third-order valence-electron chi connectivity index (χ3n) is 2.79. The van der Waals surface area contributed by atoms with Crippen LogP contribution in [-0.2, 0) is 14.3 Å². The number of carbonyl (C=O) groups is 2. The summed E-state index contributed by atoms with van der Waals surface area (Å²) in [6.45, 7) is 2.41. The molecule has 0 radical (unpaired) electrons. The van der Waals surface area contributed by atoms with Crippen molar-refractivity contribution in [2.24, 2.45) is 0 Å². The lowest BCUT2D eigenvalue weighted by molar-refractivity contribution is -0.152. The van der Waals surface area contributed by atoms with E-state index < -0.39 is 11.9 Å². The Hall–Kier alpha value is -1.55. The van der Waals surface area contributed by atoms with Gasteiger partial charge in [-0.15, -0.1) is 0 Å². The number of carbonyl (C=O) groups excluding carboxylic acids is 2. The van der Waals surface area contributed by atoms with Gasteiger partial charge in [0.1, 0.15) is 0 Å². The van der Waals surface area contributed by atoms with E-state index in [0.717, 1.165) is 19.3 Å². The molecule has 0 aliphatic heterocycles. The minimum absolute atomic E-state index is 0.276. The van der Waals surface area contributed by atoms with Crippen LogP contribution in [0.15, 0.2) is 24.3 Å². The summed E-state index contributed by atoms with van der Waals surface area (Å²) in [7, 11) is 0. The first-order valence-corrected chi connectivity index (χ1v) is 7.25. The van der Waals surface area contributed by atoms with Crippen LogP contribution in [0.4, 0.5) is 5.69 Å². The summed E-state index contributed by atoms with van der Waals surface area (Å²) in [5.41, 5.74) is 0.402. The number of nitrogens with one attached hydrogen (secondary N) is 1. The summed E-state index contributed by atoms with van der Waals surface area (Å²) in [5, 5.41) is 2.81. The number of esters is 1. The number of hydrogen-bond donors (Lipinski definition) is 1. The van der Waals surface area contributed by atoms with Crippen molar-refractivity contribution in [2.75, 3.05) is 11.9 Å². The molecule has 5 heteroatoms. The van der Waals surface area contributed by atoms with E-state index in [0.29, 0.717) is 10.7 Å². The Kier molecular flexibility index (Phi) is 7.73. The number of para-hydroxylation sites is 1. The zero-order chi connectivity index (χ0) is 14.8. The molecular weight excluding hydrogens is 278 g/mol. The van der Waals surface area contributed by atoms with E-state index in [9.17, 15) is 9.59 Å². The Labute approximate surface area is 124 Å². The molecule has 1 aromatic rings. The molecule has 0 atom stereocenters. The first-order valence-electron chi connectivity index (χ1n) is 6.87. The van der Waals surface area contributed by atoms with Crippen molar-refractivity contribution in [1.82, 2.24) is 0 Å². The molecule has 0 bridgehead atoms. The van der Waals surface area contributed by atoms with E-state index >= 15 is 0 Å². The minimum Gasteiger partial charge on any atom is -0.459 e. The molecule has 0 heterocycles. The Morgan fingerprint density at radius 3 is 2.55 bits per heavy atom. The fourth-order valence-corrected chi connectivity index (χ4v) is 1.85. The lowest BCUT2D eigenvalue weighted by Gasteiger charge is -2.07. The zero-order valence-corrected chi connectivity index (χ0v) is 12.4. The Morgan fingerprint density at radius 2 is 1.85 bits per heavy atom. The van der Waals surface area contributed by atoms with E-state index in [1.807, 2.05) is 0 Å². The molecule has 1 aromatic carbocycles. The van der Waals surface area contributed by atoms with Gasteiger partial charge >= 0.3 is 11.9 Å². The lowest BCUT2D eigenvalue weighted by atomic mass is 10.2. The standard InChI is InChI=1S/C15H20ClNO3/c1-2-3-4-5-8-11-20-15(19)14(18)17-13-10-7-6-9-12(13)16/h6-7,9-10H,2-5,8,11H2,1H3,(H,17,18). The molecule has 0 fully saturated rings. The van der Waals surface area contributed by atoms with Crippen LogP contribution in [0.3, 0.4) is 0 Å². The number of rotatable bonds is 7. The summed E-state index contributed by atoms with van der Waals surface area (Å²) in [4.78, 5) is 23.1. The van der Waals surface area contributed by atoms with E-state index in [1.165, 1.54) is 12.8 Å². The van der Waals surface area contributed by atoms with E-state index in [-0.39, 0.29) is 6.61 Å². The molecule has 0 saturated heterocycles. The number of benzene rings is 1. The molecule has 0 aliphatic rings. The van der Waals surface area contributed by atoms with Gasteiger partial charge in [-0.1, -0.05) is 56.3 Å². The number of ether oxygens (including phenoxy) is 1. The van der Waals surface area contributed by atoms with Gasteiger partial charge in [-0.05, 0) is 18.6 Å². The number of halogens is 1.